The normalized spacial score (nSPS) is 21.1. The molecule has 0 bridgehead atoms. The summed E-state index contributed by atoms with van der Waals surface area (Å²) < 4.78 is 26.9. The van der Waals surface area contributed by atoms with Crippen LogP contribution in [0.3, 0.4) is 0 Å². The van der Waals surface area contributed by atoms with E-state index in [2.05, 4.69) is 0 Å². The molecule has 1 aliphatic rings. The zero-order valence-electron chi connectivity index (χ0n) is 11.3. The lowest BCUT2D eigenvalue weighted by Gasteiger charge is -2.30. The molecular formula is C13H18Cl2N2O2S. The number of hydrogen-bond donors (Lipinski definition) is 1. The van der Waals surface area contributed by atoms with Crippen LogP contribution in [-0.2, 0) is 16.6 Å². The second kappa shape index (κ2) is 6.20. The fourth-order valence-corrected chi connectivity index (χ4v) is 4.97. The third kappa shape index (κ3) is 3.12. The van der Waals surface area contributed by atoms with E-state index in [0.717, 1.165) is 12.8 Å². The maximum Gasteiger partial charge on any atom is 0.244 e. The van der Waals surface area contributed by atoms with E-state index in [9.17, 15) is 8.42 Å². The van der Waals surface area contributed by atoms with Gasteiger partial charge >= 0.3 is 0 Å². The minimum atomic E-state index is -3.62. The van der Waals surface area contributed by atoms with E-state index in [-0.39, 0.29) is 16.5 Å². The van der Waals surface area contributed by atoms with Crippen LogP contribution in [0.15, 0.2) is 17.0 Å². The van der Waals surface area contributed by atoms with Crippen LogP contribution in [0.25, 0.3) is 0 Å². The van der Waals surface area contributed by atoms with Gasteiger partial charge in [-0.3, -0.25) is 0 Å². The maximum absolute atomic E-state index is 12.7. The molecule has 112 valence electrons. The molecule has 20 heavy (non-hydrogen) atoms. The number of halogens is 2. The summed E-state index contributed by atoms with van der Waals surface area (Å²) in [6.07, 6.45) is 1.91. The van der Waals surface area contributed by atoms with Crippen LogP contribution in [0.4, 0.5) is 0 Å². The zero-order valence-corrected chi connectivity index (χ0v) is 13.6. The van der Waals surface area contributed by atoms with Gasteiger partial charge < -0.3 is 5.73 Å². The van der Waals surface area contributed by atoms with Gasteiger partial charge in [0.25, 0.3) is 0 Å². The Labute approximate surface area is 129 Å². The first-order valence-electron chi connectivity index (χ1n) is 6.54. The van der Waals surface area contributed by atoms with E-state index < -0.39 is 10.0 Å². The molecule has 0 aromatic heterocycles. The van der Waals surface area contributed by atoms with Crippen molar-refractivity contribution in [2.24, 2.45) is 11.7 Å². The number of hydrogen-bond acceptors (Lipinski definition) is 3. The Hall–Kier alpha value is -0.330. The van der Waals surface area contributed by atoms with Crippen molar-refractivity contribution in [2.45, 2.75) is 31.2 Å². The average molecular weight is 337 g/mol. The van der Waals surface area contributed by atoms with E-state index in [1.807, 2.05) is 6.92 Å². The molecule has 1 aromatic carbocycles. The average Bonchev–Trinajstić information content (AvgIpc) is 2.40. The van der Waals surface area contributed by atoms with Crippen LogP contribution in [0.2, 0.25) is 10.0 Å². The predicted octanol–water partition coefficient (Wildman–Crippen LogP) is 2.87. The Bertz CT molecular complexity index is 605. The van der Waals surface area contributed by atoms with Gasteiger partial charge in [0, 0.05) is 24.7 Å². The van der Waals surface area contributed by atoms with Gasteiger partial charge in [-0.1, -0.05) is 30.1 Å². The fraction of sp³-hybridized carbons (Fsp3) is 0.538. The van der Waals surface area contributed by atoms with E-state index in [4.69, 9.17) is 28.9 Å². The lowest BCUT2D eigenvalue weighted by atomic mass is 10.0. The fourth-order valence-electron chi connectivity index (χ4n) is 2.46. The largest absolute Gasteiger partial charge is 0.326 e. The monoisotopic (exact) mass is 336 g/mol. The molecule has 1 aliphatic heterocycles. The van der Waals surface area contributed by atoms with Crippen LogP contribution in [0.5, 0.6) is 0 Å². The number of rotatable bonds is 3. The van der Waals surface area contributed by atoms with Crippen LogP contribution < -0.4 is 5.73 Å². The van der Waals surface area contributed by atoms with E-state index in [0.29, 0.717) is 29.6 Å². The Morgan fingerprint density at radius 2 is 2.10 bits per heavy atom. The van der Waals surface area contributed by atoms with Crippen LogP contribution in [0, 0.1) is 5.92 Å². The van der Waals surface area contributed by atoms with Gasteiger partial charge in [0.15, 0.2) is 0 Å². The highest BCUT2D eigenvalue weighted by Crippen LogP contribution is 2.32. The third-order valence-corrected chi connectivity index (χ3v) is 6.20. The molecule has 1 saturated heterocycles. The van der Waals surface area contributed by atoms with Crippen molar-refractivity contribution < 1.29 is 8.42 Å². The lowest BCUT2D eigenvalue weighted by molar-refractivity contribution is 0.281. The SMILES string of the molecule is CC1CCCN(S(=O)(=O)c2cc(Cl)cc(CN)c2Cl)C1. The Kier molecular flexibility index (Phi) is 4.97. The minimum absolute atomic E-state index is 0.0567. The van der Waals surface area contributed by atoms with Gasteiger partial charge in [0.2, 0.25) is 10.0 Å². The van der Waals surface area contributed by atoms with Crippen molar-refractivity contribution in [1.82, 2.24) is 4.31 Å². The Morgan fingerprint density at radius 3 is 2.70 bits per heavy atom. The summed E-state index contributed by atoms with van der Waals surface area (Å²) in [4.78, 5) is 0.0567. The molecule has 1 aromatic rings. The van der Waals surface area contributed by atoms with Crippen LogP contribution >= 0.6 is 23.2 Å². The van der Waals surface area contributed by atoms with Crippen molar-refractivity contribution in [2.75, 3.05) is 13.1 Å². The Morgan fingerprint density at radius 1 is 1.40 bits per heavy atom. The highest BCUT2D eigenvalue weighted by atomic mass is 35.5. The maximum atomic E-state index is 12.7. The van der Waals surface area contributed by atoms with Crippen LogP contribution in [-0.4, -0.2) is 25.8 Å². The highest BCUT2D eigenvalue weighted by molar-refractivity contribution is 7.89. The second-order valence-corrected chi connectivity index (χ2v) is 7.91. The van der Waals surface area contributed by atoms with Crippen molar-refractivity contribution >= 4 is 33.2 Å². The van der Waals surface area contributed by atoms with E-state index >= 15 is 0 Å². The second-order valence-electron chi connectivity index (χ2n) is 5.19. The Balaban J connectivity index is 2.46. The molecule has 0 saturated carbocycles. The van der Waals surface area contributed by atoms with E-state index in [1.54, 1.807) is 6.07 Å². The first-order chi connectivity index (χ1) is 9.36. The summed E-state index contributed by atoms with van der Waals surface area (Å²) >= 11 is 12.2. The molecule has 1 fully saturated rings. The number of nitrogens with zero attached hydrogens (tertiary/aromatic N) is 1. The quantitative estimate of drug-likeness (QED) is 0.922. The molecule has 2 N–H and O–H groups in total. The van der Waals surface area contributed by atoms with Crippen molar-refractivity contribution in [1.29, 1.82) is 0 Å². The summed E-state index contributed by atoms with van der Waals surface area (Å²) in [7, 11) is -3.62. The van der Waals surface area contributed by atoms with Crippen molar-refractivity contribution in [3.05, 3.63) is 27.7 Å². The molecule has 0 radical (unpaired) electrons. The van der Waals surface area contributed by atoms with Crippen molar-refractivity contribution in [3.63, 3.8) is 0 Å². The number of piperidine rings is 1. The number of nitrogens with two attached hydrogens (primary N) is 1. The molecule has 2 rings (SSSR count). The first-order valence-corrected chi connectivity index (χ1v) is 8.74. The number of sulfonamides is 1. The molecule has 1 unspecified atom stereocenters. The lowest BCUT2D eigenvalue weighted by Crippen LogP contribution is -2.39. The first kappa shape index (κ1) is 16.0. The molecule has 7 heteroatoms. The van der Waals surface area contributed by atoms with Gasteiger partial charge in [-0.05, 0) is 36.5 Å². The van der Waals surface area contributed by atoms with Gasteiger partial charge in [-0.15, -0.1) is 0 Å². The summed E-state index contributed by atoms with van der Waals surface area (Å²) in [6, 6.07) is 3.00. The zero-order chi connectivity index (χ0) is 14.9. The molecule has 4 nitrogen and oxygen atoms in total. The van der Waals surface area contributed by atoms with Gasteiger partial charge in [0.05, 0.1) is 5.02 Å². The third-order valence-electron chi connectivity index (χ3n) is 3.54. The topological polar surface area (TPSA) is 63.4 Å². The molecule has 0 aliphatic carbocycles. The van der Waals surface area contributed by atoms with Crippen molar-refractivity contribution in [3.8, 4) is 0 Å². The summed E-state index contributed by atoms with van der Waals surface area (Å²) in [5, 5.41) is 0.508. The van der Waals surface area contributed by atoms with Gasteiger partial charge in [-0.2, -0.15) is 4.31 Å². The summed E-state index contributed by atoms with van der Waals surface area (Å²) in [6.45, 7) is 3.24. The van der Waals surface area contributed by atoms with Crippen LogP contribution in [0.1, 0.15) is 25.3 Å². The van der Waals surface area contributed by atoms with Gasteiger partial charge in [-0.25, -0.2) is 8.42 Å². The molecule has 1 atom stereocenters. The molecule has 0 spiro atoms. The number of benzene rings is 1. The smallest absolute Gasteiger partial charge is 0.244 e. The molecule has 0 amide bonds. The van der Waals surface area contributed by atoms with Gasteiger partial charge in [0.1, 0.15) is 4.90 Å². The molecular weight excluding hydrogens is 319 g/mol. The molecule has 1 heterocycles. The summed E-state index contributed by atoms with van der Waals surface area (Å²) in [5.41, 5.74) is 6.12. The minimum Gasteiger partial charge on any atom is -0.326 e. The summed E-state index contributed by atoms with van der Waals surface area (Å²) in [5.74, 6) is 0.352. The standard InChI is InChI=1S/C13H18Cl2N2O2S/c1-9-3-2-4-17(8-9)20(18,19)12-6-11(14)5-10(7-16)13(12)15/h5-6,9H,2-4,7-8,16H2,1H3. The highest BCUT2D eigenvalue weighted by Gasteiger charge is 2.31. The predicted molar refractivity (Wildman–Crippen MR) is 81.5 cm³/mol. The van der Waals surface area contributed by atoms with E-state index in [1.165, 1.54) is 10.4 Å².